The van der Waals surface area contributed by atoms with Crippen molar-refractivity contribution in [2.45, 2.75) is 12.5 Å². The molecule has 1 aromatic heterocycles. The zero-order valence-corrected chi connectivity index (χ0v) is 13.4. The smallest absolute Gasteiger partial charge is 0.259 e. The summed E-state index contributed by atoms with van der Waals surface area (Å²) in [5.41, 5.74) is 7.54. The molecule has 1 aliphatic heterocycles. The van der Waals surface area contributed by atoms with Gasteiger partial charge in [0.15, 0.2) is 17.3 Å². The number of hydrogen-bond acceptors (Lipinski definition) is 5. The SMILES string of the molecule is COc1ccc(C(=O)N2CCC(N)c3cn(C)nc32)cc1OC. The number of fused-ring (bicyclic) bond motifs is 1. The lowest BCUT2D eigenvalue weighted by atomic mass is 10.0. The highest BCUT2D eigenvalue weighted by atomic mass is 16.5. The Bertz CT molecular complexity index is 741. The number of hydrogen-bond donors (Lipinski definition) is 1. The van der Waals surface area contributed by atoms with Crippen molar-refractivity contribution in [3.05, 3.63) is 35.5 Å². The number of methoxy groups -OCH3 is 2. The molecule has 7 heteroatoms. The number of nitrogens with two attached hydrogens (primary N) is 1. The number of ether oxygens (including phenoxy) is 2. The summed E-state index contributed by atoms with van der Waals surface area (Å²) in [4.78, 5) is 14.6. The molecule has 0 spiro atoms. The lowest BCUT2D eigenvalue weighted by Gasteiger charge is -2.29. The maximum absolute atomic E-state index is 12.9. The van der Waals surface area contributed by atoms with E-state index in [4.69, 9.17) is 15.2 Å². The first-order valence-electron chi connectivity index (χ1n) is 7.38. The zero-order valence-electron chi connectivity index (χ0n) is 13.4. The Hall–Kier alpha value is -2.54. The molecule has 2 N–H and O–H groups in total. The largest absolute Gasteiger partial charge is 0.493 e. The minimum atomic E-state index is -0.127. The first-order valence-corrected chi connectivity index (χ1v) is 7.38. The van der Waals surface area contributed by atoms with Gasteiger partial charge in [0.05, 0.1) is 14.2 Å². The molecule has 7 nitrogen and oxygen atoms in total. The molecule has 2 aromatic rings. The van der Waals surface area contributed by atoms with E-state index in [1.54, 1.807) is 42.0 Å². The third-order valence-corrected chi connectivity index (χ3v) is 4.03. The number of nitrogens with zero attached hydrogens (tertiary/aromatic N) is 3. The van der Waals surface area contributed by atoms with Crippen LogP contribution in [-0.4, -0.2) is 36.5 Å². The average Bonchev–Trinajstić information content (AvgIpc) is 2.96. The van der Waals surface area contributed by atoms with Crippen LogP contribution in [-0.2, 0) is 7.05 Å². The summed E-state index contributed by atoms with van der Waals surface area (Å²) >= 11 is 0. The van der Waals surface area contributed by atoms with Crippen molar-refractivity contribution in [1.82, 2.24) is 9.78 Å². The van der Waals surface area contributed by atoms with Gasteiger partial charge >= 0.3 is 0 Å². The van der Waals surface area contributed by atoms with Gasteiger partial charge in [-0.25, -0.2) is 0 Å². The quantitative estimate of drug-likeness (QED) is 0.927. The summed E-state index contributed by atoms with van der Waals surface area (Å²) in [6.45, 7) is 0.540. The van der Waals surface area contributed by atoms with Crippen LogP contribution in [0, 0.1) is 0 Å². The van der Waals surface area contributed by atoms with E-state index in [0.717, 1.165) is 5.56 Å². The maximum Gasteiger partial charge on any atom is 0.259 e. The standard InChI is InChI=1S/C16H20N4O3/c1-19-9-11-12(17)6-7-20(15(11)18-19)16(21)10-4-5-13(22-2)14(8-10)23-3/h4-5,8-9,12H,6-7,17H2,1-3H3. The Labute approximate surface area is 134 Å². The molecular formula is C16H20N4O3. The van der Waals surface area contributed by atoms with Crippen LogP contribution in [0.4, 0.5) is 5.82 Å². The van der Waals surface area contributed by atoms with Crippen LogP contribution in [0.3, 0.4) is 0 Å². The summed E-state index contributed by atoms with van der Waals surface area (Å²) in [6, 6.07) is 5.04. The lowest BCUT2D eigenvalue weighted by Crippen LogP contribution is -2.38. The van der Waals surface area contributed by atoms with Crippen LogP contribution in [0.15, 0.2) is 24.4 Å². The highest BCUT2D eigenvalue weighted by Crippen LogP contribution is 2.33. The van der Waals surface area contributed by atoms with Crippen LogP contribution in [0.1, 0.15) is 28.4 Å². The fourth-order valence-corrected chi connectivity index (χ4v) is 2.82. The van der Waals surface area contributed by atoms with Crippen molar-refractivity contribution in [2.24, 2.45) is 12.8 Å². The number of aryl methyl sites for hydroxylation is 1. The summed E-state index contributed by atoms with van der Waals surface area (Å²) in [5, 5.41) is 4.39. The summed E-state index contributed by atoms with van der Waals surface area (Å²) in [5.74, 6) is 1.61. The Balaban J connectivity index is 1.96. The van der Waals surface area contributed by atoms with Crippen LogP contribution < -0.4 is 20.1 Å². The van der Waals surface area contributed by atoms with Crippen LogP contribution in [0.2, 0.25) is 0 Å². The van der Waals surface area contributed by atoms with Crippen molar-refractivity contribution in [1.29, 1.82) is 0 Å². The number of rotatable bonds is 3. The number of carbonyl (C=O) groups excluding carboxylic acids is 1. The molecule has 2 heterocycles. The number of carbonyl (C=O) groups is 1. The van der Waals surface area contributed by atoms with Crippen molar-refractivity contribution in [3.8, 4) is 11.5 Å². The van der Waals surface area contributed by atoms with Gasteiger partial charge in [-0.1, -0.05) is 0 Å². The van der Waals surface area contributed by atoms with E-state index in [2.05, 4.69) is 5.10 Å². The van der Waals surface area contributed by atoms with E-state index >= 15 is 0 Å². The highest BCUT2D eigenvalue weighted by Gasteiger charge is 2.30. The Morgan fingerprint density at radius 3 is 2.74 bits per heavy atom. The average molecular weight is 316 g/mol. The molecule has 1 aliphatic rings. The van der Waals surface area contributed by atoms with E-state index in [0.29, 0.717) is 35.8 Å². The Kier molecular flexibility index (Phi) is 3.96. The predicted molar refractivity (Wildman–Crippen MR) is 86.0 cm³/mol. The minimum Gasteiger partial charge on any atom is -0.493 e. The van der Waals surface area contributed by atoms with E-state index in [-0.39, 0.29) is 11.9 Å². The third-order valence-electron chi connectivity index (χ3n) is 4.03. The van der Waals surface area contributed by atoms with Crippen molar-refractivity contribution in [3.63, 3.8) is 0 Å². The second kappa shape index (κ2) is 5.92. The molecule has 1 amide bonds. The second-order valence-corrected chi connectivity index (χ2v) is 5.50. The third kappa shape index (κ3) is 2.63. The summed E-state index contributed by atoms with van der Waals surface area (Å²) in [6.07, 6.45) is 2.58. The molecule has 0 saturated carbocycles. The molecule has 1 atom stereocenters. The normalized spacial score (nSPS) is 16.9. The topological polar surface area (TPSA) is 82.6 Å². The van der Waals surface area contributed by atoms with Gasteiger partial charge in [-0.2, -0.15) is 5.10 Å². The Morgan fingerprint density at radius 2 is 2.04 bits per heavy atom. The minimum absolute atomic E-state index is 0.0897. The molecule has 122 valence electrons. The van der Waals surface area contributed by atoms with Gasteiger partial charge < -0.3 is 15.2 Å². The van der Waals surface area contributed by atoms with Gasteiger partial charge in [0.25, 0.3) is 5.91 Å². The Morgan fingerprint density at radius 1 is 1.30 bits per heavy atom. The van der Waals surface area contributed by atoms with Crippen LogP contribution in [0.5, 0.6) is 11.5 Å². The molecule has 1 aromatic carbocycles. The van der Waals surface area contributed by atoms with Gasteiger partial charge in [-0.15, -0.1) is 0 Å². The first-order chi connectivity index (χ1) is 11.0. The molecule has 3 rings (SSSR count). The number of amides is 1. The van der Waals surface area contributed by atoms with E-state index < -0.39 is 0 Å². The molecule has 0 saturated heterocycles. The first kappa shape index (κ1) is 15.4. The van der Waals surface area contributed by atoms with E-state index in [1.807, 2.05) is 13.2 Å². The van der Waals surface area contributed by atoms with Gasteiger partial charge in [-0.05, 0) is 24.6 Å². The second-order valence-electron chi connectivity index (χ2n) is 5.50. The molecule has 0 aliphatic carbocycles. The fraction of sp³-hybridized carbons (Fsp3) is 0.375. The molecule has 0 radical (unpaired) electrons. The van der Waals surface area contributed by atoms with Crippen LogP contribution in [0.25, 0.3) is 0 Å². The zero-order chi connectivity index (χ0) is 16.6. The number of anilines is 1. The van der Waals surface area contributed by atoms with Gasteiger partial charge in [0.2, 0.25) is 0 Å². The molecule has 1 unspecified atom stereocenters. The summed E-state index contributed by atoms with van der Waals surface area (Å²) < 4.78 is 12.2. The number of aromatic nitrogens is 2. The molecule has 0 fully saturated rings. The molecular weight excluding hydrogens is 296 g/mol. The maximum atomic E-state index is 12.9. The predicted octanol–water partition coefficient (Wildman–Crippen LogP) is 1.49. The van der Waals surface area contributed by atoms with Crippen molar-refractivity contribution < 1.29 is 14.3 Å². The van der Waals surface area contributed by atoms with E-state index in [1.165, 1.54) is 0 Å². The van der Waals surface area contributed by atoms with Gasteiger partial charge in [0, 0.05) is 37.0 Å². The van der Waals surface area contributed by atoms with Crippen LogP contribution >= 0.6 is 0 Å². The molecule has 23 heavy (non-hydrogen) atoms. The van der Waals surface area contributed by atoms with E-state index in [9.17, 15) is 4.79 Å². The van der Waals surface area contributed by atoms with Crippen molar-refractivity contribution in [2.75, 3.05) is 25.7 Å². The lowest BCUT2D eigenvalue weighted by molar-refractivity contribution is 0.0983. The monoisotopic (exact) mass is 316 g/mol. The van der Waals surface area contributed by atoms with Gasteiger partial charge in [-0.3, -0.25) is 14.4 Å². The summed E-state index contributed by atoms with van der Waals surface area (Å²) in [7, 11) is 4.93. The van der Waals surface area contributed by atoms with Gasteiger partial charge in [0.1, 0.15) is 0 Å². The number of benzene rings is 1. The highest BCUT2D eigenvalue weighted by molar-refractivity contribution is 6.06. The fourth-order valence-electron chi connectivity index (χ4n) is 2.82. The molecule has 0 bridgehead atoms. The van der Waals surface area contributed by atoms with Crippen molar-refractivity contribution >= 4 is 11.7 Å².